The fraction of sp³-hybridized carbons (Fsp3) is 0.400. The van der Waals surface area contributed by atoms with Crippen molar-refractivity contribution in [1.82, 2.24) is 0 Å². The van der Waals surface area contributed by atoms with Crippen LogP contribution in [0.25, 0.3) is 0 Å². The number of hydrogen-bond acceptors (Lipinski definition) is 5. The van der Waals surface area contributed by atoms with Gasteiger partial charge in [-0.15, -0.1) is 23.1 Å². The Labute approximate surface area is 162 Å². The van der Waals surface area contributed by atoms with Crippen LogP contribution in [-0.4, -0.2) is 24.7 Å². The molecular weight excluding hydrogens is 366 g/mol. The van der Waals surface area contributed by atoms with Crippen LogP contribution in [0.15, 0.2) is 29.2 Å². The van der Waals surface area contributed by atoms with Crippen molar-refractivity contribution in [1.29, 1.82) is 0 Å². The molecule has 4 nitrogen and oxygen atoms in total. The summed E-state index contributed by atoms with van der Waals surface area (Å²) in [6.45, 7) is 2.08. The van der Waals surface area contributed by atoms with Crippen molar-refractivity contribution in [2.24, 2.45) is 0 Å². The fourth-order valence-electron chi connectivity index (χ4n) is 3.22. The molecule has 0 fully saturated rings. The number of amides is 1. The second-order valence-electron chi connectivity index (χ2n) is 6.18. The number of benzene rings is 1. The Morgan fingerprint density at radius 3 is 2.81 bits per heavy atom. The first-order valence-corrected chi connectivity index (χ1v) is 10.7. The standard InChI is InChI=1S/C20H23NO3S2/c1-3-25-14-9-7-8-13(12-14)18(22)21-19-17(20(23)24-2)15-10-5-4-6-11-16(15)26-19/h7-9,12H,3-6,10-11H2,1-2H3,(H,21,22). The number of fused-ring (bicyclic) bond motifs is 1. The molecule has 138 valence electrons. The minimum Gasteiger partial charge on any atom is -0.465 e. The topological polar surface area (TPSA) is 55.4 Å². The predicted molar refractivity (Wildman–Crippen MR) is 108 cm³/mol. The zero-order valence-corrected chi connectivity index (χ0v) is 16.7. The van der Waals surface area contributed by atoms with E-state index in [0.717, 1.165) is 41.9 Å². The summed E-state index contributed by atoms with van der Waals surface area (Å²) in [6, 6.07) is 7.57. The summed E-state index contributed by atoms with van der Waals surface area (Å²) in [5.41, 5.74) is 2.20. The first-order valence-electron chi connectivity index (χ1n) is 8.91. The van der Waals surface area contributed by atoms with Gasteiger partial charge in [0, 0.05) is 15.3 Å². The molecule has 0 saturated carbocycles. The Bertz CT molecular complexity index is 813. The quantitative estimate of drug-likeness (QED) is 0.435. The lowest BCUT2D eigenvalue weighted by atomic mass is 10.1. The van der Waals surface area contributed by atoms with Gasteiger partial charge in [-0.25, -0.2) is 4.79 Å². The van der Waals surface area contributed by atoms with E-state index in [0.29, 0.717) is 16.1 Å². The number of rotatable bonds is 5. The second-order valence-corrected chi connectivity index (χ2v) is 8.62. The molecular formula is C20H23NO3S2. The molecule has 0 bridgehead atoms. The van der Waals surface area contributed by atoms with Crippen molar-refractivity contribution < 1.29 is 14.3 Å². The first-order chi connectivity index (χ1) is 12.6. The van der Waals surface area contributed by atoms with Crippen LogP contribution in [0.5, 0.6) is 0 Å². The van der Waals surface area contributed by atoms with Crippen LogP contribution < -0.4 is 5.32 Å². The third kappa shape index (κ3) is 4.13. The van der Waals surface area contributed by atoms with Crippen molar-refractivity contribution in [2.75, 3.05) is 18.2 Å². The van der Waals surface area contributed by atoms with Crippen molar-refractivity contribution in [2.45, 2.75) is 43.9 Å². The van der Waals surface area contributed by atoms with Gasteiger partial charge in [-0.05, 0) is 55.2 Å². The summed E-state index contributed by atoms with van der Waals surface area (Å²) in [6.07, 6.45) is 5.19. The van der Waals surface area contributed by atoms with E-state index in [4.69, 9.17) is 4.74 Å². The summed E-state index contributed by atoms with van der Waals surface area (Å²) < 4.78 is 4.99. The van der Waals surface area contributed by atoms with E-state index < -0.39 is 0 Å². The zero-order valence-electron chi connectivity index (χ0n) is 15.1. The number of nitrogens with one attached hydrogen (secondary N) is 1. The number of thioether (sulfide) groups is 1. The lowest BCUT2D eigenvalue weighted by molar-refractivity contribution is 0.0601. The Balaban J connectivity index is 1.90. The lowest BCUT2D eigenvalue weighted by Crippen LogP contribution is -2.14. The molecule has 0 aliphatic heterocycles. The molecule has 2 aromatic rings. The third-order valence-corrected chi connectivity index (χ3v) is 6.53. The SMILES string of the molecule is CCSc1cccc(C(=O)Nc2sc3c(c2C(=O)OC)CCCCC3)c1. The van der Waals surface area contributed by atoms with Crippen LogP contribution >= 0.6 is 23.1 Å². The highest BCUT2D eigenvalue weighted by molar-refractivity contribution is 7.99. The average molecular weight is 390 g/mol. The minimum atomic E-state index is -0.366. The third-order valence-electron chi connectivity index (χ3n) is 4.45. The van der Waals surface area contributed by atoms with Crippen LogP contribution in [-0.2, 0) is 17.6 Å². The number of carbonyl (C=O) groups excluding carboxylic acids is 2. The van der Waals surface area contributed by atoms with E-state index in [1.165, 1.54) is 29.7 Å². The van der Waals surface area contributed by atoms with Crippen LogP contribution in [0.3, 0.4) is 0 Å². The highest BCUT2D eigenvalue weighted by Gasteiger charge is 2.26. The highest BCUT2D eigenvalue weighted by Crippen LogP contribution is 2.38. The van der Waals surface area contributed by atoms with Gasteiger partial charge in [0.1, 0.15) is 5.00 Å². The maximum Gasteiger partial charge on any atom is 0.341 e. The summed E-state index contributed by atoms with van der Waals surface area (Å²) in [4.78, 5) is 27.4. The van der Waals surface area contributed by atoms with Crippen molar-refractivity contribution in [3.8, 4) is 0 Å². The number of thiophene rings is 1. The van der Waals surface area contributed by atoms with Crippen molar-refractivity contribution in [3.05, 3.63) is 45.8 Å². The summed E-state index contributed by atoms with van der Waals surface area (Å²) in [5, 5.41) is 3.57. The normalized spacial score (nSPS) is 13.6. The largest absolute Gasteiger partial charge is 0.465 e. The number of carbonyl (C=O) groups is 2. The summed E-state index contributed by atoms with van der Waals surface area (Å²) in [7, 11) is 1.39. The maximum atomic E-state index is 12.7. The predicted octanol–water partition coefficient (Wildman–Crippen LogP) is 5.17. The Morgan fingerprint density at radius 1 is 1.23 bits per heavy atom. The van der Waals surface area contributed by atoms with Crippen molar-refractivity contribution >= 4 is 40.0 Å². The van der Waals surface area contributed by atoms with Gasteiger partial charge < -0.3 is 10.1 Å². The molecule has 1 aliphatic rings. The van der Waals surface area contributed by atoms with Gasteiger partial charge in [0.15, 0.2) is 0 Å². The van der Waals surface area contributed by atoms with E-state index in [9.17, 15) is 9.59 Å². The maximum absolute atomic E-state index is 12.7. The van der Waals surface area contributed by atoms with Gasteiger partial charge >= 0.3 is 5.97 Å². The zero-order chi connectivity index (χ0) is 18.5. The molecule has 6 heteroatoms. The van der Waals surface area contributed by atoms with Gasteiger partial charge in [-0.2, -0.15) is 0 Å². The molecule has 0 spiro atoms. The summed E-state index contributed by atoms with van der Waals surface area (Å²) >= 11 is 3.22. The molecule has 1 aromatic heterocycles. The molecule has 0 atom stereocenters. The van der Waals surface area contributed by atoms with Gasteiger partial charge in [-0.3, -0.25) is 4.79 Å². The Morgan fingerprint density at radius 2 is 2.04 bits per heavy atom. The number of methoxy groups -OCH3 is 1. The Hall–Kier alpha value is -1.79. The van der Waals surface area contributed by atoms with E-state index in [1.54, 1.807) is 17.8 Å². The minimum absolute atomic E-state index is 0.190. The second kappa shape index (κ2) is 8.73. The smallest absolute Gasteiger partial charge is 0.341 e. The number of anilines is 1. The molecule has 0 radical (unpaired) electrons. The van der Waals surface area contributed by atoms with Crippen molar-refractivity contribution in [3.63, 3.8) is 0 Å². The Kier molecular flexibility index (Phi) is 6.38. The van der Waals surface area contributed by atoms with E-state index in [1.807, 2.05) is 18.2 Å². The molecule has 1 N–H and O–H groups in total. The van der Waals surface area contributed by atoms with Gasteiger partial charge in [-0.1, -0.05) is 19.4 Å². The highest BCUT2D eigenvalue weighted by atomic mass is 32.2. The lowest BCUT2D eigenvalue weighted by Gasteiger charge is -2.08. The average Bonchev–Trinajstić information content (AvgIpc) is 2.82. The molecule has 26 heavy (non-hydrogen) atoms. The van der Waals surface area contributed by atoms with Crippen LogP contribution in [0.1, 0.15) is 57.3 Å². The van der Waals surface area contributed by atoms with Gasteiger partial charge in [0.25, 0.3) is 5.91 Å². The molecule has 1 heterocycles. The summed E-state index contributed by atoms with van der Waals surface area (Å²) in [5.74, 6) is 0.398. The monoisotopic (exact) mass is 389 g/mol. The van der Waals surface area contributed by atoms with Gasteiger partial charge in [0.2, 0.25) is 0 Å². The number of ether oxygens (including phenoxy) is 1. The first kappa shape index (κ1) is 19.0. The number of aryl methyl sites for hydroxylation is 1. The number of hydrogen-bond donors (Lipinski definition) is 1. The van der Waals surface area contributed by atoms with Crippen LogP contribution in [0.4, 0.5) is 5.00 Å². The van der Waals surface area contributed by atoms with Gasteiger partial charge in [0.05, 0.1) is 12.7 Å². The molecule has 1 aliphatic carbocycles. The number of esters is 1. The van der Waals surface area contributed by atoms with Crippen LogP contribution in [0.2, 0.25) is 0 Å². The molecule has 1 aromatic carbocycles. The molecule has 3 rings (SSSR count). The van der Waals surface area contributed by atoms with E-state index >= 15 is 0 Å². The van der Waals surface area contributed by atoms with E-state index in [-0.39, 0.29) is 11.9 Å². The molecule has 0 saturated heterocycles. The van der Waals surface area contributed by atoms with Crippen LogP contribution in [0, 0.1) is 0 Å². The molecule has 1 amide bonds. The fourth-order valence-corrected chi connectivity index (χ4v) is 5.21. The molecule has 0 unspecified atom stereocenters. The van der Waals surface area contributed by atoms with E-state index in [2.05, 4.69) is 12.2 Å².